The van der Waals surface area contributed by atoms with Gasteiger partial charge in [-0.3, -0.25) is 0 Å². The normalized spacial score (nSPS) is 11.2. The maximum Gasteiger partial charge on any atom is 0.379 e. The van der Waals surface area contributed by atoms with Crippen LogP contribution in [0.25, 0.3) is 0 Å². The fraction of sp³-hybridized carbons (Fsp3) is 0. The van der Waals surface area contributed by atoms with Gasteiger partial charge in [-0.1, -0.05) is 0 Å². The Hall–Kier alpha value is -3.55. The molecule has 0 atom stereocenters. The summed E-state index contributed by atoms with van der Waals surface area (Å²) >= 11 is 5.94. The predicted octanol–water partition coefficient (Wildman–Crippen LogP) is 9.42. The summed E-state index contributed by atoms with van der Waals surface area (Å²) in [5.74, 6) is -0.368. The van der Waals surface area contributed by atoms with E-state index in [1.807, 2.05) is 104 Å². The molecule has 0 radical (unpaired) electrons. The zero-order valence-corrected chi connectivity index (χ0v) is 30.5. The van der Waals surface area contributed by atoms with E-state index in [0.29, 0.717) is 28.5 Å². The highest BCUT2D eigenvalue weighted by molar-refractivity contribution is 14.1. The van der Waals surface area contributed by atoms with Gasteiger partial charge in [-0.05, 0) is 192 Å². The molecule has 3 heterocycles. The van der Waals surface area contributed by atoms with E-state index in [1.165, 1.54) is 0 Å². The van der Waals surface area contributed by atoms with Crippen molar-refractivity contribution in [3.8, 4) is 17.2 Å². The highest BCUT2D eigenvalue weighted by Gasteiger charge is 2.19. The van der Waals surface area contributed by atoms with Gasteiger partial charge in [0.05, 0.1) is 0 Å². The molecular weight excluding hydrogens is 953 g/mol. The molecule has 46 heavy (non-hydrogen) atoms. The Bertz CT molecular complexity index is 1780. The Morgan fingerprint density at radius 1 is 0.413 bits per heavy atom. The molecule has 6 aromatic rings. The average Bonchev–Trinajstić information content (AvgIpc) is 3.81. The molecule has 13 heteroatoms. The van der Waals surface area contributed by atoms with Crippen molar-refractivity contribution in [1.29, 1.82) is 0 Å². The van der Waals surface area contributed by atoms with E-state index < -0.39 is 28.8 Å². The van der Waals surface area contributed by atoms with Gasteiger partial charge in [0.25, 0.3) is 0 Å². The van der Waals surface area contributed by atoms with Crippen LogP contribution in [0.5, 0.6) is 17.2 Å². The number of hydrogen-bond acceptors (Lipinski definition) is 9. The first-order chi connectivity index (χ1) is 22.2. The molecule has 6 rings (SSSR count). The van der Waals surface area contributed by atoms with E-state index in [9.17, 15) is 14.4 Å². The molecule has 0 aliphatic carbocycles. The molecule has 0 aliphatic heterocycles. The number of rotatable bonds is 9. The lowest BCUT2D eigenvalue weighted by molar-refractivity contribution is 0.0691. The first kappa shape index (κ1) is 32.4. The number of benzene rings is 3. The van der Waals surface area contributed by atoms with Crippen LogP contribution in [0.15, 0.2) is 137 Å². The van der Waals surface area contributed by atoms with Crippen LogP contribution >= 0.6 is 78.7 Å². The number of thiol groups is 1. The maximum absolute atomic E-state index is 12.5. The molecular formula is C33H19I3O9S. The maximum atomic E-state index is 12.5. The molecule has 0 amide bonds. The van der Waals surface area contributed by atoms with Crippen LogP contribution in [0.4, 0.5) is 0 Å². The van der Waals surface area contributed by atoms with Crippen LogP contribution in [-0.4, -0.2) is 17.9 Å². The van der Waals surface area contributed by atoms with Gasteiger partial charge in [-0.25, -0.2) is 14.4 Å². The van der Waals surface area contributed by atoms with Crippen LogP contribution < -0.4 is 14.2 Å². The summed E-state index contributed by atoms with van der Waals surface area (Å²) in [6, 6.07) is 31.4. The Morgan fingerprint density at radius 3 is 0.891 bits per heavy atom. The first-order valence-electron chi connectivity index (χ1n) is 13.2. The second-order valence-electron chi connectivity index (χ2n) is 9.30. The third-order valence-electron chi connectivity index (χ3n) is 6.24. The van der Waals surface area contributed by atoms with E-state index >= 15 is 0 Å². The topological polar surface area (TPSA) is 118 Å². The van der Waals surface area contributed by atoms with Crippen molar-refractivity contribution in [2.75, 3.05) is 0 Å². The quantitative estimate of drug-likeness (QED) is 0.0655. The molecule has 0 spiro atoms. The smallest absolute Gasteiger partial charge is 0.379 e. The summed E-state index contributed by atoms with van der Waals surface area (Å²) in [5.41, 5.74) is 0. The van der Waals surface area contributed by atoms with E-state index in [2.05, 4.69) is 0 Å². The third kappa shape index (κ3) is 7.87. The van der Waals surface area contributed by atoms with Crippen molar-refractivity contribution < 1.29 is 41.8 Å². The highest BCUT2D eigenvalue weighted by Crippen LogP contribution is 2.52. The number of hydrogen-bond donors (Lipinski definition) is 1. The Labute approximate surface area is 305 Å². The fourth-order valence-corrected chi connectivity index (χ4v) is 7.67. The van der Waals surface area contributed by atoms with Gasteiger partial charge in [0.15, 0.2) is 11.3 Å². The van der Waals surface area contributed by atoms with Gasteiger partial charge >= 0.3 is 17.9 Å². The molecule has 0 N–H and O–H groups in total. The van der Waals surface area contributed by atoms with E-state index in [-0.39, 0.29) is 17.3 Å². The van der Waals surface area contributed by atoms with E-state index in [1.54, 1.807) is 72.8 Å². The average molecular weight is 972 g/mol. The second kappa shape index (κ2) is 14.5. The molecule has 3 aromatic heterocycles. The van der Waals surface area contributed by atoms with Crippen molar-refractivity contribution in [2.24, 2.45) is 0 Å². The standard InChI is InChI=1S/C33H19I3O9S/c34-28-16-13-25(43-28)31(37)40-19-1-7-22(8-2-19)46(23-9-3-20(4-10-23)41-32(38)26-14-17-29(35)44-26)24-11-5-21(6-12-24)42-33(39)27-15-18-30(36)45-27/h1-18,46H. The SMILES string of the molecule is O=C(Oc1ccc([SH](c2ccc(OC(=O)c3ccc(I)o3)cc2)c2ccc(OC(=O)c3ccc(I)o3)cc2)cc1)c1ccc(I)o1. The molecule has 0 bridgehead atoms. The molecule has 0 saturated carbocycles. The molecule has 9 nitrogen and oxygen atoms in total. The van der Waals surface area contributed by atoms with Crippen LogP contribution in [0.1, 0.15) is 31.7 Å². The molecule has 0 fully saturated rings. The fourth-order valence-electron chi connectivity index (χ4n) is 4.18. The minimum atomic E-state index is -1.15. The van der Waals surface area contributed by atoms with Gasteiger partial charge < -0.3 is 27.5 Å². The third-order valence-corrected chi connectivity index (χ3v) is 10.4. The van der Waals surface area contributed by atoms with Gasteiger partial charge in [0.1, 0.15) is 17.2 Å². The molecule has 0 saturated heterocycles. The molecule has 0 unspecified atom stereocenters. The highest BCUT2D eigenvalue weighted by atomic mass is 127. The number of ether oxygens (including phenoxy) is 3. The predicted molar refractivity (Wildman–Crippen MR) is 192 cm³/mol. The monoisotopic (exact) mass is 972 g/mol. The van der Waals surface area contributed by atoms with Crippen LogP contribution in [0, 0.1) is 11.3 Å². The van der Waals surface area contributed by atoms with Crippen LogP contribution in [-0.2, 0) is 0 Å². The summed E-state index contributed by atoms with van der Waals surface area (Å²) in [4.78, 5) is 40.3. The van der Waals surface area contributed by atoms with Gasteiger partial charge in [-0.2, -0.15) is 10.9 Å². The summed E-state index contributed by atoms with van der Waals surface area (Å²) in [6.07, 6.45) is 0. The van der Waals surface area contributed by atoms with E-state index in [4.69, 9.17) is 27.5 Å². The number of carbonyl (C=O) groups is 3. The molecule has 3 aromatic carbocycles. The van der Waals surface area contributed by atoms with Crippen molar-refractivity contribution >= 4 is 96.6 Å². The minimum Gasteiger partial charge on any atom is -0.443 e. The van der Waals surface area contributed by atoms with Gasteiger partial charge in [0, 0.05) is 0 Å². The Kier molecular flexibility index (Phi) is 10.2. The van der Waals surface area contributed by atoms with Gasteiger partial charge in [-0.15, -0.1) is 0 Å². The minimum absolute atomic E-state index is 0.112. The number of halogens is 3. The largest absolute Gasteiger partial charge is 0.443 e. The Morgan fingerprint density at radius 2 is 0.674 bits per heavy atom. The lowest BCUT2D eigenvalue weighted by Gasteiger charge is -2.24. The first-order valence-corrected chi connectivity index (χ1v) is 17.8. The zero-order valence-electron chi connectivity index (χ0n) is 23.1. The lowest BCUT2D eigenvalue weighted by Crippen LogP contribution is -2.07. The van der Waals surface area contributed by atoms with Gasteiger partial charge in [0.2, 0.25) is 17.3 Å². The van der Waals surface area contributed by atoms with Crippen molar-refractivity contribution in [1.82, 2.24) is 0 Å². The van der Waals surface area contributed by atoms with Crippen molar-refractivity contribution in [2.45, 2.75) is 14.7 Å². The summed E-state index contributed by atoms with van der Waals surface area (Å²) < 4.78 is 34.3. The number of furan rings is 3. The summed E-state index contributed by atoms with van der Waals surface area (Å²) in [6.45, 7) is 0. The molecule has 232 valence electrons. The Balaban J connectivity index is 1.25. The summed E-state index contributed by atoms with van der Waals surface area (Å²) in [7, 11) is -1.15. The molecule has 0 aliphatic rings. The number of carbonyl (C=O) groups excluding carboxylic acids is 3. The second-order valence-corrected chi connectivity index (χ2v) is 14.7. The van der Waals surface area contributed by atoms with Crippen LogP contribution in [0.3, 0.4) is 0 Å². The number of esters is 3. The lowest BCUT2D eigenvalue weighted by atomic mass is 10.3. The zero-order chi connectivity index (χ0) is 32.2. The van der Waals surface area contributed by atoms with Crippen molar-refractivity contribution in [3.05, 3.63) is 138 Å². The van der Waals surface area contributed by atoms with Crippen LogP contribution in [0.2, 0.25) is 0 Å². The summed E-state index contributed by atoms with van der Waals surface area (Å²) in [5, 5.41) is 0. The van der Waals surface area contributed by atoms with Crippen molar-refractivity contribution in [3.63, 3.8) is 0 Å². The van der Waals surface area contributed by atoms with E-state index in [0.717, 1.165) is 14.7 Å².